The van der Waals surface area contributed by atoms with Gasteiger partial charge in [0.25, 0.3) is 0 Å². The van der Waals surface area contributed by atoms with Crippen LogP contribution in [0.5, 0.6) is 0 Å². The minimum atomic E-state index is 0. The van der Waals surface area contributed by atoms with Gasteiger partial charge in [0, 0.05) is 40.7 Å². The third kappa shape index (κ3) is 8.95. The Hall–Kier alpha value is 1.19. The van der Waals surface area contributed by atoms with Gasteiger partial charge in [0.15, 0.2) is 0 Å². The first kappa shape index (κ1) is 10.2. The van der Waals surface area contributed by atoms with Crippen LogP contribution in [0.25, 0.3) is 0 Å². The first-order valence-corrected chi connectivity index (χ1v) is 2.00. The molecule has 0 aromatic rings. The SMILES string of the molecule is COCCCl.[Hg]. The van der Waals surface area contributed by atoms with Crippen molar-refractivity contribution in [2.75, 3.05) is 19.6 Å². The van der Waals surface area contributed by atoms with Gasteiger partial charge >= 0.3 is 0 Å². The monoisotopic (exact) mass is 296 g/mol. The number of alkyl halides is 1. The Morgan fingerprint density at radius 1 is 1.67 bits per heavy atom. The van der Waals surface area contributed by atoms with E-state index in [1.54, 1.807) is 7.11 Å². The Balaban J connectivity index is 0. The molecular formula is C3H7ClHgO. The summed E-state index contributed by atoms with van der Waals surface area (Å²) in [5.74, 6) is 0.594. The van der Waals surface area contributed by atoms with E-state index in [9.17, 15) is 0 Å². The van der Waals surface area contributed by atoms with E-state index in [2.05, 4.69) is 4.74 Å². The number of hydrogen-bond donors (Lipinski definition) is 0. The average Bonchev–Trinajstić information content (AvgIpc) is 1.41. The molecule has 34 valence electrons. The molecular weight excluding hydrogens is 288 g/mol. The van der Waals surface area contributed by atoms with E-state index in [0.717, 1.165) is 0 Å². The van der Waals surface area contributed by atoms with Crippen LogP contribution in [-0.2, 0) is 32.4 Å². The van der Waals surface area contributed by atoms with Gasteiger partial charge in [-0.3, -0.25) is 0 Å². The van der Waals surface area contributed by atoms with Gasteiger partial charge in [-0.25, -0.2) is 0 Å². The predicted octanol–water partition coefficient (Wildman–Crippen LogP) is 0.869. The van der Waals surface area contributed by atoms with Crippen LogP contribution in [0, 0.1) is 0 Å². The second-order valence-corrected chi connectivity index (χ2v) is 1.06. The van der Waals surface area contributed by atoms with Crippen LogP contribution >= 0.6 is 11.6 Å². The molecule has 0 saturated heterocycles. The van der Waals surface area contributed by atoms with Crippen molar-refractivity contribution in [3.8, 4) is 0 Å². The molecule has 6 heavy (non-hydrogen) atoms. The van der Waals surface area contributed by atoms with Gasteiger partial charge in [-0.15, -0.1) is 11.6 Å². The zero-order valence-corrected chi connectivity index (χ0v) is 10.2. The first-order chi connectivity index (χ1) is 2.41. The van der Waals surface area contributed by atoms with Crippen molar-refractivity contribution in [3.05, 3.63) is 0 Å². The van der Waals surface area contributed by atoms with Crippen LogP contribution in [0.2, 0.25) is 0 Å². The molecule has 1 nitrogen and oxygen atoms in total. The quantitative estimate of drug-likeness (QED) is 0.542. The van der Waals surface area contributed by atoms with Gasteiger partial charge in [-0.1, -0.05) is 0 Å². The smallest absolute Gasteiger partial charge is 0.0597 e. The molecule has 0 aromatic heterocycles. The fourth-order valence-corrected chi connectivity index (χ4v) is 0.231. The zero-order chi connectivity index (χ0) is 4.12. The second kappa shape index (κ2) is 9.49. The van der Waals surface area contributed by atoms with E-state index < -0.39 is 0 Å². The molecule has 0 amide bonds. The molecule has 0 N–H and O–H groups in total. The molecule has 0 radical (unpaired) electrons. The fourth-order valence-electron chi connectivity index (χ4n) is 0.0772. The minimum Gasteiger partial charge on any atom is -0.383 e. The maximum Gasteiger partial charge on any atom is 0.0597 e. The van der Waals surface area contributed by atoms with Crippen molar-refractivity contribution in [3.63, 3.8) is 0 Å². The summed E-state index contributed by atoms with van der Waals surface area (Å²) in [6, 6.07) is 0. The molecule has 0 rings (SSSR count). The first-order valence-electron chi connectivity index (χ1n) is 1.46. The molecule has 0 atom stereocenters. The molecule has 0 fully saturated rings. The Labute approximate surface area is 63.5 Å². The normalized spacial score (nSPS) is 7.00. The zero-order valence-electron chi connectivity index (χ0n) is 3.91. The number of ether oxygens (including phenoxy) is 1. The molecule has 0 aliphatic carbocycles. The molecule has 0 aliphatic heterocycles. The maximum absolute atomic E-state index is 5.18. The molecule has 0 bridgehead atoms. The van der Waals surface area contributed by atoms with Crippen LogP contribution < -0.4 is 0 Å². The molecule has 0 spiro atoms. The van der Waals surface area contributed by atoms with E-state index in [-0.39, 0.29) is 27.7 Å². The second-order valence-electron chi connectivity index (χ2n) is 0.682. The predicted molar refractivity (Wildman–Crippen MR) is 22.6 cm³/mol. The Bertz CT molecular complexity index is 18.3. The van der Waals surface area contributed by atoms with Crippen molar-refractivity contribution < 1.29 is 32.4 Å². The fraction of sp³-hybridized carbons (Fsp3) is 1.00. The van der Waals surface area contributed by atoms with Gasteiger partial charge in [0.05, 0.1) is 6.61 Å². The van der Waals surface area contributed by atoms with Crippen LogP contribution in [0.3, 0.4) is 0 Å². The Kier molecular flexibility index (Phi) is 16.2. The standard InChI is InChI=1S/C3H7ClO.Hg/c1-5-3-2-4;/h2-3H2,1H3;. The largest absolute Gasteiger partial charge is 0.383 e. The van der Waals surface area contributed by atoms with Crippen LogP contribution in [-0.4, -0.2) is 19.6 Å². The van der Waals surface area contributed by atoms with Gasteiger partial charge in [-0.05, 0) is 0 Å². The molecule has 0 aliphatic rings. The van der Waals surface area contributed by atoms with Gasteiger partial charge < -0.3 is 4.74 Å². The summed E-state index contributed by atoms with van der Waals surface area (Å²) in [6.45, 7) is 0.654. The third-order valence-corrected chi connectivity index (χ3v) is 0.436. The van der Waals surface area contributed by atoms with E-state index in [1.807, 2.05) is 0 Å². The van der Waals surface area contributed by atoms with E-state index >= 15 is 0 Å². The maximum atomic E-state index is 5.18. The summed E-state index contributed by atoms with van der Waals surface area (Å²) >= 11 is 5.18. The molecule has 0 unspecified atom stereocenters. The Morgan fingerprint density at radius 3 is 2.17 bits per heavy atom. The van der Waals surface area contributed by atoms with Crippen molar-refractivity contribution in [1.82, 2.24) is 0 Å². The number of rotatable bonds is 2. The van der Waals surface area contributed by atoms with Crippen molar-refractivity contribution in [1.29, 1.82) is 0 Å². The van der Waals surface area contributed by atoms with Crippen LogP contribution in [0.4, 0.5) is 0 Å². The van der Waals surface area contributed by atoms with Crippen molar-refractivity contribution in [2.45, 2.75) is 0 Å². The summed E-state index contributed by atoms with van der Waals surface area (Å²) < 4.78 is 4.56. The number of methoxy groups -OCH3 is 1. The van der Waals surface area contributed by atoms with E-state index in [0.29, 0.717) is 12.5 Å². The molecule has 0 heterocycles. The summed E-state index contributed by atoms with van der Waals surface area (Å²) in [7, 11) is 1.63. The van der Waals surface area contributed by atoms with Gasteiger partial charge in [-0.2, -0.15) is 0 Å². The minimum absolute atomic E-state index is 0. The number of hydrogen-bond acceptors (Lipinski definition) is 1. The molecule has 3 heteroatoms. The third-order valence-electron chi connectivity index (χ3n) is 0.281. The summed E-state index contributed by atoms with van der Waals surface area (Å²) in [4.78, 5) is 0. The molecule has 0 saturated carbocycles. The summed E-state index contributed by atoms with van der Waals surface area (Å²) in [5.41, 5.74) is 0. The molecule has 0 aromatic carbocycles. The average molecular weight is 295 g/mol. The van der Waals surface area contributed by atoms with E-state index in [4.69, 9.17) is 11.6 Å². The summed E-state index contributed by atoms with van der Waals surface area (Å²) in [6.07, 6.45) is 0. The van der Waals surface area contributed by atoms with E-state index in [1.165, 1.54) is 0 Å². The number of halogens is 1. The van der Waals surface area contributed by atoms with Crippen LogP contribution in [0.15, 0.2) is 0 Å². The van der Waals surface area contributed by atoms with Crippen molar-refractivity contribution in [2.24, 2.45) is 0 Å². The topological polar surface area (TPSA) is 9.23 Å². The Morgan fingerprint density at radius 2 is 2.17 bits per heavy atom. The van der Waals surface area contributed by atoms with Crippen LogP contribution in [0.1, 0.15) is 0 Å². The summed E-state index contributed by atoms with van der Waals surface area (Å²) in [5, 5.41) is 0. The van der Waals surface area contributed by atoms with Gasteiger partial charge in [0.1, 0.15) is 0 Å². The van der Waals surface area contributed by atoms with Gasteiger partial charge in [0.2, 0.25) is 0 Å². The van der Waals surface area contributed by atoms with Crippen molar-refractivity contribution >= 4 is 11.6 Å².